The Labute approximate surface area is 117 Å². The Hall–Kier alpha value is -2.37. The van der Waals surface area contributed by atoms with Crippen molar-refractivity contribution in [2.45, 2.75) is 26.7 Å². The molecule has 1 aromatic heterocycles. The first-order valence-corrected chi connectivity index (χ1v) is 6.60. The number of nitrogens with zero attached hydrogens (tertiary/aromatic N) is 2. The summed E-state index contributed by atoms with van der Waals surface area (Å²) in [4.78, 5) is 12.1. The van der Waals surface area contributed by atoms with E-state index < -0.39 is 0 Å². The van der Waals surface area contributed by atoms with Gasteiger partial charge in [-0.05, 0) is 36.2 Å². The van der Waals surface area contributed by atoms with Crippen LogP contribution in [0, 0.1) is 0 Å². The third-order valence-electron chi connectivity index (χ3n) is 2.69. The summed E-state index contributed by atoms with van der Waals surface area (Å²) in [5.41, 5.74) is 1.13. The molecule has 0 aliphatic carbocycles. The lowest BCUT2D eigenvalue weighted by Gasteiger charge is -2.07. The molecular weight excluding hydrogens is 258 g/mol. The lowest BCUT2D eigenvalue weighted by atomic mass is 10.2. The maximum absolute atomic E-state index is 12.1. The van der Waals surface area contributed by atoms with Crippen molar-refractivity contribution in [3.63, 3.8) is 0 Å². The van der Waals surface area contributed by atoms with Crippen LogP contribution in [-0.4, -0.2) is 22.8 Å². The van der Waals surface area contributed by atoms with E-state index in [1.165, 1.54) is 0 Å². The van der Waals surface area contributed by atoms with Crippen LogP contribution in [0.4, 0.5) is 5.82 Å². The monoisotopic (exact) mass is 275 g/mol. The van der Waals surface area contributed by atoms with Crippen LogP contribution in [0.3, 0.4) is 0 Å². The van der Waals surface area contributed by atoms with Gasteiger partial charge in [0.15, 0.2) is 0 Å². The molecule has 0 saturated carbocycles. The number of amides is 1. The molecule has 0 saturated heterocycles. The molecule has 6 heteroatoms. The Morgan fingerprint density at radius 1 is 1.35 bits per heavy atom. The second kappa shape index (κ2) is 6.70. The van der Waals surface area contributed by atoms with E-state index in [2.05, 4.69) is 20.3 Å². The molecule has 0 aliphatic rings. The van der Waals surface area contributed by atoms with Gasteiger partial charge in [-0.25, -0.2) is 4.63 Å². The van der Waals surface area contributed by atoms with Gasteiger partial charge in [0.25, 0.3) is 5.91 Å². The molecule has 2 aromatic rings. The summed E-state index contributed by atoms with van der Waals surface area (Å²) in [5.74, 6) is 0.767. The fourth-order valence-electron chi connectivity index (χ4n) is 1.66. The van der Waals surface area contributed by atoms with E-state index in [1.807, 2.05) is 19.9 Å². The van der Waals surface area contributed by atoms with Crippen molar-refractivity contribution in [2.75, 3.05) is 11.9 Å². The van der Waals surface area contributed by atoms with Crippen LogP contribution in [0.25, 0.3) is 0 Å². The minimum absolute atomic E-state index is 0.266. The van der Waals surface area contributed by atoms with E-state index in [9.17, 15) is 4.79 Å². The average Bonchev–Trinajstić information content (AvgIpc) is 2.92. The molecule has 0 bridgehead atoms. The van der Waals surface area contributed by atoms with Crippen molar-refractivity contribution in [1.82, 2.24) is 10.3 Å². The maximum Gasteiger partial charge on any atom is 0.257 e. The number of hydrogen-bond acceptors (Lipinski definition) is 5. The number of anilines is 1. The molecule has 6 nitrogen and oxygen atoms in total. The summed E-state index contributed by atoms with van der Waals surface area (Å²) in [6.07, 6.45) is 1.56. The Kier molecular flexibility index (Phi) is 4.70. The predicted molar refractivity (Wildman–Crippen MR) is 73.9 cm³/mol. The predicted octanol–water partition coefficient (Wildman–Crippen LogP) is 2.67. The number of aryl methyl sites for hydroxylation is 1. The molecule has 1 amide bonds. The van der Waals surface area contributed by atoms with Gasteiger partial charge in [0.05, 0.1) is 6.61 Å². The van der Waals surface area contributed by atoms with Crippen molar-refractivity contribution in [3.8, 4) is 5.75 Å². The Balaban J connectivity index is 2.09. The van der Waals surface area contributed by atoms with Gasteiger partial charge in [-0.3, -0.25) is 4.79 Å². The first kappa shape index (κ1) is 14.0. The minimum Gasteiger partial charge on any atom is -0.494 e. The van der Waals surface area contributed by atoms with Crippen LogP contribution in [0.15, 0.2) is 28.9 Å². The van der Waals surface area contributed by atoms with E-state index in [4.69, 9.17) is 4.74 Å². The first-order valence-electron chi connectivity index (χ1n) is 6.60. The van der Waals surface area contributed by atoms with Crippen LogP contribution in [0.2, 0.25) is 0 Å². The highest BCUT2D eigenvalue weighted by atomic mass is 16.6. The molecule has 0 spiro atoms. The van der Waals surface area contributed by atoms with E-state index in [-0.39, 0.29) is 5.91 Å². The molecule has 0 atom stereocenters. The zero-order valence-electron chi connectivity index (χ0n) is 11.5. The van der Waals surface area contributed by atoms with Gasteiger partial charge < -0.3 is 10.1 Å². The molecule has 0 radical (unpaired) electrons. The number of aromatic nitrogens is 2. The van der Waals surface area contributed by atoms with Gasteiger partial charge in [-0.15, -0.1) is 0 Å². The summed E-state index contributed by atoms with van der Waals surface area (Å²) in [6, 6.07) is 7.01. The fraction of sp³-hybridized carbons (Fsp3) is 0.357. The largest absolute Gasteiger partial charge is 0.494 e. The fourth-order valence-corrected chi connectivity index (χ4v) is 1.66. The van der Waals surface area contributed by atoms with Gasteiger partial charge in [-0.1, -0.05) is 25.1 Å². The number of rotatable bonds is 6. The van der Waals surface area contributed by atoms with E-state index >= 15 is 0 Å². The molecule has 0 fully saturated rings. The van der Waals surface area contributed by atoms with Crippen LogP contribution < -0.4 is 10.1 Å². The zero-order valence-corrected chi connectivity index (χ0v) is 11.5. The van der Waals surface area contributed by atoms with Gasteiger partial charge in [0.2, 0.25) is 5.82 Å². The number of carbonyl (C=O) groups excluding carboxylic acids is 1. The molecule has 0 aliphatic heterocycles. The lowest BCUT2D eigenvalue weighted by molar-refractivity contribution is 0.102. The van der Waals surface area contributed by atoms with E-state index in [0.717, 1.165) is 6.42 Å². The van der Waals surface area contributed by atoms with Crippen LogP contribution in [0.1, 0.15) is 36.3 Å². The molecule has 2 rings (SSSR count). The number of ether oxygens (including phenoxy) is 1. The standard InChI is InChI=1S/C14H17N3O3/c1-3-8-19-11-7-5-6-10(9-11)14(18)15-13-12(4-2)16-20-17-13/h5-7,9H,3-4,8H2,1-2H3,(H,15,17,18). The highest BCUT2D eigenvalue weighted by molar-refractivity contribution is 6.04. The highest BCUT2D eigenvalue weighted by Crippen LogP contribution is 2.16. The van der Waals surface area contributed by atoms with Crippen LogP contribution in [-0.2, 0) is 6.42 Å². The quantitative estimate of drug-likeness (QED) is 0.877. The molecule has 1 N–H and O–H groups in total. The van der Waals surface area contributed by atoms with Gasteiger partial charge >= 0.3 is 0 Å². The molecular formula is C14H17N3O3. The summed E-state index contributed by atoms with van der Waals surface area (Å²) < 4.78 is 10.1. The van der Waals surface area contributed by atoms with E-state index in [0.29, 0.717) is 35.9 Å². The average molecular weight is 275 g/mol. The normalized spacial score (nSPS) is 10.3. The smallest absolute Gasteiger partial charge is 0.257 e. The van der Waals surface area contributed by atoms with Gasteiger partial charge in [-0.2, -0.15) is 0 Å². The number of nitrogens with one attached hydrogen (secondary N) is 1. The SMILES string of the molecule is CCCOc1cccc(C(=O)Nc2nonc2CC)c1. The lowest BCUT2D eigenvalue weighted by Crippen LogP contribution is -2.13. The van der Waals surface area contributed by atoms with Gasteiger partial charge in [0, 0.05) is 5.56 Å². The molecule has 1 heterocycles. The summed E-state index contributed by atoms with van der Waals surface area (Å²) in [6.45, 7) is 4.56. The van der Waals surface area contributed by atoms with Gasteiger partial charge in [0.1, 0.15) is 11.4 Å². The Bertz CT molecular complexity index is 581. The molecule has 20 heavy (non-hydrogen) atoms. The maximum atomic E-state index is 12.1. The summed E-state index contributed by atoms with van der Waals surface area (Å²) in [5, 5.41) is 10.1. The number of hydrogen-bond donors (Lipinski definition) is 1. The van der Waals surface area contributed by atoms with Crippen molar-refractivity contribution >= 4 is 11.7 Å². The Morgan fingerprint density at radius 2 is 2.20 bits per heavy atom. The molecule has 0 unspecified atom stereocenters. The number of carbonyl (C=O) groups is 1. The highest BCUT2D eigenvalue weighted by Gasteiger charge is 2.13. The second-order valence-electron chi connectivity index (χ2n) is 4.24. The third kappa shape index (κ3) is 3.34. The Morgan fingerprint density at radius 3 is 2.95 bits per heavy atom. The first-order chi connectivity index (χ1) is 9.74. The summed E-state index contributed by atoms with van der Waals surface area (Å²) >= 11 is 0. The van der Waals surface area contributed by atoms with E-state index in [1.54, 1.807) is 18.2 Å². The van der Waals surface area contributed by atoms with Crippen LogP contribution >= 0.6 is 0 Å². The van der Waals surface area contributed by atoms with Crippen LogP contribution in [0.5, 0.6) is 5.75 Å². The topological polar surface area (TPSA) is 77.2 Å². The number of benzene rings is 1. The second-order valence-corrected chi connectivity index (χ2v) is 4.24. The van der Waals surface area contributed by atoms with Crippen molar-refractivity contribution in [1.29, 1.82) is 0 Å². The zero-order chi connectivity index (χ0) is 14.4. The third-order valence-corrected chi connectivity index (χ3v) is 2.69. The van der Waals surface area contributed by atoms with Crippen molar-refractivity contribution in [3.05, 3.63) is 35.5 Å². The van der Waals surface area contributed by atoms with Crippen molar-refractivity contribution < 1.29 is 14.2 Å². The minimum atomic E-state index is -0.266. The van der Waals surface area contributed by atoms with Crippen molar-refractivity contribution in [2.24, 2.45) is 0 Å². The molecule has 106 valence electrons. The summed E-state index contributed by atoms with van der Waals surface area (Å²) in [7, 11) is 0. The molecule has 1 aromatic carbocycles.